The van der Waals surface area contributed by atoms with Crippen LogP contribution < -0.4 is 5.32 Å². The molecule has 5 nitrogen and oxygen atoms in total. The molecule has 1 N–H and O–H groups in total. The highest BCUT2D eigenvalue weighted by molar-refractivity contribution is 8.00. The van der Waals surface area contributed by atoms with Crippen LogP contribution in [0.4, 0.5) is 5.69 Å². The molecular formula is C19H20N4OS2. The van der Waals surface area contributed by atoms with E-state index in [-0.39, 0.29) is 5.91 Å². The quantitative estimate of drug-likeness (QED) is 0.684. The third-order valence-electron chi connectivity index (χ3n) is 4.42. The number of carbonyl (C=O) groups is 1. The number of aromatic nitrogens is 3. The van der Waals surface area contributed by atoms with Crippen LogP contribution in [0.1, 0.15) is 36.2 Å². The zero-order valence-corrected chi connectivity index (χ0v) is 16.1. The van der Waals surface area contributed by atoms with Gasteiger partial charge in [-0.1, -0.05) is 25.0 Å². The summed E-state index contributed by atoms with van der Waals surface area (Å²) in [7, 11) is 1.86. The Morgan fingerprint density at radius 2 is 2.12 bits per heavy atom. The third kappa shape index (κ3) is 3.83. The number of hydrogen-bond acceptors (Lipinski definition) is 5. The molecule has 0 radical (unpaired) electrons. The van der Waals surface area contributed by atoms with Crippen LogP contribution in [0.5, 0.6) is 0 Å². The van der Waals surface area contributed by atoms with Crippen LogP contribution in [0.2, 0.25) is 0 Å². The number of carbonyl (C=O) groups excluding carboxylic acids is 1. The van der Waals surface area contributed by atoms with Gasteiger partial charge in [0, 0.05) is 34.3 Å². The molecule has 0 bridgehead atoms. The maximum atomic E-state index is 12.7. The van der Waals surface area contributed by atoms with Crippen LogP contribution in [-0.2, 0) is 7.05 Å². The van der Waals surface area contributed by atoms with Crippen LogP contribution in [0.3, 0.4) is 0 Å². The second kappa shape index (κ2) is 7.63. The first-order valence-electron chi connectivity index (χ1n) is 8.70. The van der Waals surface area contributed by atoms with Crippen LogP contribution in [0, 0.1) is 0 Å². The van der Waals surface area contributed by atoms with Crippen molar-refractivity contribution in [3.8, 4) is 10.6 Å². The van der Waals surface area contributed by atoms with Crippen molar-refractivity contribution in [2.75, 3.05) is 5.32 Å². The molecule has 7 heteroatoms. The first-order chi connectivity index (χ1) is 12.7. The maximum Gasteiger partial charge on any atom is 0.275 e. The summed E-state index contributed by atoms with van der Waals surface area (Å²) in [6, 6.07) is 8.02. The van der Waals surface area contributed by atoms with Gasteiger partial charge in [-0.2, -0.15) is 5.10 Å². The third-order valence-corrected chi connectivity index (χ3v) is 6.73. The molecule has 0 unspecified atom stereocenters. The number of benzene rings is 1. The lowest BCUT2D eigenvalue weighted by Gasteiger charge is -2.13. The fourth-order valence-corrected chi connectivity index (χ4v) is 5.19. The average Bonchev–Trinajstić information content (AvgIpc) is 3.37. The number of thioether (sulfide) groups is 1. The van der Waals surface area contributed by atoms with Crippen LogP contribution in [0.25, 0.3) is 10.6 Å². The van der Waals surface area contributed by atoms with E-state index in [2.05, 4.69) is 21.5 Å². The molecule has 3 aromatic rings. The summed E-state index contributed by atoms with van der Waals surface area (Å²) < 4.78 is 1.73. The van der Waals surface area contributed by atoms with Crippen molar-refractivity contribution in [3.63, 3.8) is 0 Å². The van der Waals surface area contributed by atoms with E-state index in [4.69, 9.17) is 0 Å². The predicted molar refractivity (Wildman–Crippen MR) is 107 cm³/mol. The molecule has 4 rings (SSSR count). The van der Waals surface area contributed by atoms with Gasteiger partial charge in [-0.3, -0.25) is 9.48 Å². The second-order valence-electron chi connectivity index (χ2n) is 6.42. The van der Waals surface area contributed by atoms with Crippen molar-refractivity contribution in [1.82, 2.24) is 14.8 Å². The lowest BCUT2D eigenvalue weighted by atomic mass is 10.3. The topological polar surface area (TPSA) is 59.8 Å². The Morgan fingerprint density at radius 3 is 2.88 bits per heavy atom. The van der Waals surface area contributed by atoms with Crippen molar-refractivity contribution in [3.05, 3.63) is 47.7 Å². The first kappa shape index (κ1) is 17.3. The van der Waals surface area contributed by atoms with Gasteiger partial charge in [-0.15, -0.1) is 23.1 Å². The molecule has 1 aliphatic rings. The molecule has 1 aromatic carbocycles. The van der Waals surface area contributed by atoms with E-state index in [0.717, 1.165) is 21.2 Å². The Bertz CT molecular complexity index is 912. The van der Waals surface area contributed by atoms with Crippen molar-refractivity contribution in [2.24, 2.45) is 7.05 Å². The Labute approximate surface area is 160 Å². The fourth-order valence-electron chi connectivity index (χ4n) is 3.09. The smallest absolute Gasteiger partial charge is 0.275 e. The molecule has 134 valence electrons. The number of aryl methyl sites for hydroxylation is 1. The molecule has 2 heterocycles. The number of anilines is 1. The predicted octanol–water partition coefficient (Wildman–Crippen LogP) is 4.83. The van der Waals surface area contributed by atoms with Gasteiger partial charge in [0.15, 0.2) is 0 Å². The summed E-state index contributed by atoms with van der Waals surface area (Å²) >= 11 is 3.33. The van der Waals surface area contributed by atoms with Crippen molar-refractivity contribution in [2.45, 2.75) is 35.8 Å². The first-order valence-corrected chi connectivity index (χ1v) is 10.5. The molecule has 1 saturated carbocycles. The SMILES string of the molecule is Cn1cc(-c2nc(C(=O)Nc3ccccc3SC3CCCC3)cs2)cn1. The van der Waals surface area contributed by atoms with Gasteiger partial charge in [0.1, 0.15) is 10.7 Å². The highest BCUT2D eigenvalue weighted by Crippen LogP contribution is 2.38. The summed E-state index contributed by atoms with van der Waals surface area (Å²) in [5, 5.41) is 10.4. The van der Waals surface area contributed by atoms with E-state index < -0.39 is 0 Å². The van der Waals surface area contributed by atoms with Gasteiger partial charge in [-0.05, 0) is 25.0 Å². The summed E-state index contributed by atoms with van der Waals surface area (Å²) in [6.45, 7) is 0. The van der Waals surface area contributed by atoms with E-state index in [1.807, 2.05) is 43.2 Å². The minimum atomic E-state index is -0.170. The minimum absolute atomic E-state index is 0.170. The van der Waals surface area contributed by atoms with Crippen LogP contribution in [0.15, 0.2) is 46.9 Å². The number of thiazole rings is 1. The summed E-state index contributed by atoms with van der Waals surface area (Å²) in [6.07, 6.45) is 8.79. The largest absolute Gasteiger partial charge is 0.320 e. The lowest BCUT2D eigenvalue weighted by Crippen LogP contribution is -2.13. The van der Waals surface area contributed by atoms with E-state index in [1.54, 1.807) is 16.3 Å². The highest BCUT2D eigenvalue weighted by atomic mass is 32.2. The van der Waals surface area contributed by atoms with Gasteiger partial charge in [0.05, 0.1) is 11.9 Å². The fraction of sp³-hybridized carbons (Fsp3) is 0.316. The highest BCUT2D eigenvalue weighted by Gasteiger charge is 2.19. The van der Waals surface area contributed by atoms with Crippen molar-refractivity contribution >= 4 is 34.7 Å². The Balaban J connectivity index is 1.49. The van der Waals surface area contributed by atoms with E-state index in [9.17, 15) is 4.79 Å². The normalized spacial score (nSPS) is 14.7. The molecule has 1 amide bonds. The number of rotatable bonds is 5. The van der Waals surface area contributed by atoms with Gasteiger partial charge in [0.2, 0.25) is 0 Å². The molecule has 2 aromatic heterocycles. The Kier molecular flexibility index (Phi) is 5.08. The number of nitrogens with zero attached hydrogens (tertiary/aromatic N) is 3. The monoisotopic (exact) mass is 384 g/mol. The zero-order valence-electron chi connectivity index (χ0n) is 14.5. The van der Waals surface area contributed by atoms with E-state index in [1.165, 1.54) is 37.0 Å². The molecule has 0 spiro atoms. The molecular weight excluding hydrogens is 364 g/mol. The lowest BCUT2D eigenvalue weighted by molar-refractivity contribution is 0.102. The van der Waals surface area contributed by atoms with Gasteiger partial charge in [0.25, 0.3) is 5.91 Å². The van der Waals surface area contributed by atoms with Crippen LogP contribution >= 0.6 is 23.1 Å². The van der Waals surface area contributed by atoms with E-state index in [0.29, 0.717) is 10.9 Å². The molecule has 0 saturated heterocycles. The Hall–Kier alpha value is -2.12. The minimum Gasteiger partial charge on any atom is -0.320 e. The number of nitrogens with one attached hydrogen (secondary N) is 1. The van der Waals surface area contributed by atoms with Gasteiger partial charge in [-0.25, -0.2) is 4.98 Å². The van der Waals surface area contributed by atoms with Crippen molar-refractivity contribution < 1.29 is 4.79 Å². The summed E-state index contributed by atoms with van der Waals surface area (Å²) in [5.41, 5.74) is 2.23. The van der Waals surface area contributed by atoms with Gasteiger partial charge >= 0.3 is 0 Å². The second-order valence-corrected chi connectivity index (χ2v) is 8.62. The average molecular weight is 385 g/mol. The number of para-hydroxylation sites is 1. The standard InChI is InChI=1S/C19H20N4OS2/c1-23-11-13(10-20-23)19-22-16(12-25-19)18(24)21-15-8-4-5-9-17(15)26-14-6-2-3-7-14/h4-5,8-12,14H,2-3,6-7H2,1H3,(H,21,24). The van der Waals surface area contributed by atoms with Crippen molar-refractivity contribution in [1.29, 1.82) is 0 Å². The molecule has 1 aliphatic carbocycles. The maximum absolute atomic E-state index is 12.7. The molecule has 26 heavy (non-hydrogen) atoms. The van der Waals surface area contributed by atoms with E-state index >= 15 is 0 Å². The number of hydrogen-bond donors (Lipinski definition) is 1. The summed E-state index contributed by atoms with van der Waals surface area (Å²) in [5.74, 6) is -0.170. The Morgan fingerprint density at radius 1 is 1.31 bits per heavy atom. The molecule has 1 fully saturated rings. The molecule has 0 atom stereocenters. The zero-order chi connectivity index (χ0) is 17.9. The summed E-state index contributed by atoms with van der Waals surface area (Å²) in [4.78, 5) is 18.3. The van der Waals surface area contributed by atoms with Gasteiger partial charge < -0.3 is 5.32 Å². The van der Waals surface area contributed by atoms with Crippen LogP contribution in [-0.4, -0.2) is 25.9 Å². The number of amides is 1. The molecule has 0 aliphatic heterocycles.